The van der Waals surface area contributed by atoms with Crippen LogP contribution in [0.15, 0.2) is 24.3 Å². The van der Waals surface area contributed by atoms with Gasteiger partial charge in [0.25, 0.3) is 0 Å². The molecule has 1 aliphatic heterocycles. The third-order valence-corrected chi connectivity index (χ3v) is 4.41. The molecule has 1 heterocycles. The van der Waals surface area contributed by atoms with E-state index in [1.165, 1.54) is 32.6 Å². The zero-order valence-corrected chi connectivity index (χ0v) is 16.8. The van der Waals surface area contributed by atoms with Gasteiger partial charge in [0.1, 0.15) is 18.3 Å². The zero-order chi connectivity index (χ0) is 21.8. The summed E-state index contributed by atoms with van der Waals surface area (Å²) in [7, 11) is 0. The van der Waals surface area contributed by atoms with Crippen LogP contribution in [0.4, 0.5) is 10.5 Å². The number of hydrogen-bond acceptors (Lipinski definition) is 7. The van der Waals surface area contributed by atoms with Crippen LogP contribution in [0.25, 0.3) is 0 Å². The average Bonchev–Trinajstić information content (AvgIpc) is 2.64. The van der Waals surface area contributed by atoms with Crippen molar-refractivity contribution in [3.63, 3.8) is 0 Å². The van der Waals surface area contributed by atoms with E-state index in [0.717, 1.165) is 0 Å². The van der Waals surface area contributed by atoms with Crippen molar-refractivity contribution in [1.29, 1.82) is 0 Å². The van der Waals surface area contributed by atoms with Crippen molar-refractivity contribution in [3.8, 4) is 12.3 Å². The smallest absolute Gasteiger partial charge is 0.414 e. The lowest BCUT2D eigenvalue weighted by Gasteiger charge is -2.38. The van der Waals surface area contributed by atoms with Crippen LogP contribution < -0.4 is 5.32 Å². The van der Waals surface area contributed by atoms with E-state index in [9.17, 15) is 20.1 Å². The van der Waals surface area contributed by atoms with Gasteiger partial charge in [-0.2, -0.15) is 0 Å². The summed E-state index contributed by atoms with van der Waals surface area (Å²) < 4.78 is 10.1. The number of ether oxygens (including phenoxy) is 2. The Morgan fingerprint density at radius 1 is 1.14 bits per heavy atom. The maximum absolute atomic E-state index is 11.8. The number of carbonyl (C=O) groups excluding carboxylic acids is 1. The molecule has 162 valence electrons. The van der Waals surface area contributed by atoms with Crippen molar-refractivity contribution >= 4 is 11.8 Å². The lowest BCUT2D eigenvalue weighted by molar-refractivity contribution is -0.275. The molecule has 1 aromatic carbocycles. The number of aliphatic hydroxyl groups excluding tert-OH is 4. The van der Waals surface area contributed by atoms with Gasteiger partial charge in [0, 0.05) is 5.69 Å². The number of rotatable bonds is 3. The van der Waals surface area contributed by atoms with Crippen molar-refractivity contribution in [2.75, 3.05) is 5.32 Å². The van der Waals surface area contributed by atoms with E-state index in [1.54, 1.807) is 31.2 Å². The van der Waals surface area contributed by atoms with Crippen molar-refractivity contribution < 1.29 is 34.7 Å². The largest absolute Gasteiger partial charge is 0.416 e. The Morgan fingerprint density at radius 2 is 1.66 bits per heavy atom. The minimum absolute atomic E-state index is 0.106. The topological polar surface area (TPSA) is 128 Å². The molecule has 5 N–H and O–H groups in total. The fourth-order valence-corrected chi connectivity index (χ4v) is 2.31. The fourth-order valence-electron chi connectivity index (χ4n) is 2.31. The number of benzene rings is 1. The molecule has 1 saturated carbocycles. The molecular formula is C21H31NO7. The van der Waals surface area contributed by atoms with Crippen molar-refractivity contribution in [1.82, 2.24) is 0 Å². The van der Waals surface area contributed by atoms with Crippen LogP contribution in [0.3, 0.4) is 0 Å². The predicted octanol–water partition coefficient (Wildman–Crippen LogP) is 1.75. The first-order chi connectivity index (χ1) is 13.8. The first-order valence-electron chi connectivity index (χ1n) is 9.58. The summed E-state index contributed by atoms with van der Waals surface area (Å²) in [4.78, 5) is 11.8. The minimum Gasteiger partial charge on any atom is -0.416 e. The van der Waals surface area contributed by atoms with Crippen LogP contribution in [-0.2, 0) is 16.1 Å². The van der Waals surface area contributed by atoms with Gasteiger partial charge >= 0.3 is 6.09 Å². The van der Waals surface area contributed by atoms with Gasteiger partial charge in [-0.15, -0.1) is 12.3 Å². The number of hydrogen-bond donors (Lipinski definition) is 5. The summed E-state index contributed by atoms with van der Waals surface area (Å²) in [5, 5.41) is 40.3. The number of nitrogens with one attached hydrogen (secondary N) is 1. The zero-order valence-electron chi connectivity index (χ0n) is 16.8. The van der Waals surface area contributed by atoms with Crippen LogP contribution in [0.2, 0.25) is 0 Å². The van der Waals surface area contributed by atoms with Gasteiger partial charge in [-0.1, -0.05) is 37.8 Å². The molecular weight excluding hydrogens is 378 g/mol. The predicted molar refractivity (Wildman–Crippen MR) is 108 cm³/mol. The molecule has 2 fully saturated rings. The molecule has 1 aliphatic carbocycles. The Hall–Kier alpha value is -2.15. The lowest BCUT2D eigenvalue weighted by Crippen LogP contribution is -2.57. The van der Waals surface area contributed by atoms with E-state index in [-0.39, 0.29) is 6.61 Å². The Bertz CT molecular complexity index is 635. The molecule has 0 bridgehead atoms. The molecule has 5 unspecified atom stereocenters. The van der Waals surface area contributed by atoms with E-state index in [4.69, 9.17) is 14.6 Å². The Morgan fingerprint density at radius 3 is 2.10 bits per heavy atom. The van der Waals surface area contributed by atoms with E-state index in [2.05, 4.69) is 17.7 Å². The molecule has 1 saturated heterocycles. The van der Waals surface area contributed by atoms with Gasteiger partial charge in [0.2, 0.25) is 6.29 Å². The van der Waals surface area contributed by atoms with Crippen molar-refractivity contribution in [2.45, 2.75) is 76.8 Å². The summed E-state index contributed by atoms with van der Waals surface area (Å²) in [6.45, 7) is 3.03. The van der Waals surface area contributed by atoms with Crippen LogP contribution in [0.5, 0.6) is 0 Å². The molecule has 8 heteroatoms. The molecule has 3 rings (SSSR count). The molecule has 0 spiro atoms. The first-order valence-corrected chi connectivity index (χ1v) is 9.58. The summed E-state index contributed by atoms with van der Waals surface area (Å²) in [5.74, 6) is 2.25. The minimum atomic E-state index is -1.55. The number of aliphatic hydroxyl groups is 4. The Balaban J connectivity index is 0.000000511. The quantitative estimate of drug-likeness (QED) is 0.481. The second-order valence-corrected chi connectivity index (χ2v) is 6.77. The van der Waals surface area contributed by atoms with Crippen molar-refractivity contribution in [2.24, 2.45) is 0 Å². The summed E-state index contributed by atoms with van der Waals surface area (Å²) >= 11 is 0. The SMILES string of the molecule is C#CC.C1CCC1.CC1OC(OC(=O)Nc2ccc(CO)cc2)C(O)C(O)C1O. The van der Waals surface area contributed by atoms with Gasteiger partial charge < -0.3 is 29.9 Å². The van der Waals surface area contributed by atoms with Gasteiger partial charge in [-0.3, -0.25) is 5.32 Å². The summed E-state index contributed by atoms with van der Waals surface area (Å²) in [6, 6.07) is 6.41. The number of anilines is 1. The third-order valence-electron chi connectivity index (χ3n) is 4.41. The lowest BCUT2D eigenvalue weighted by atomic mass is 10.0. The molecule has 2 aliphatic rings. The van der Waals surface area contributed by atoms with Crippen LogP contribution in [0, 0.1) is 12.3 Å². The molecule has 5 atom stereocenters. The maximum Gasteiger partial charge on any atom is 0.414 e. The van der Waals surface area contributed by atoms with E-state index < -0.39 is 36.8 Å². The number of amides is 1. The molecule has 0 radical (unpaired) electrons. The van der Waals surface area contributed by atoms with Crippen LogP contribution in [-0.4, -0.2) is 57.2 Å². The highest BCUT2D eigenvalue weighted by Gasteiger charge is 2.43. The van der Waals surface area contributed by atoms with Crippen molar-refractivity contribution in [3.05, 3.63) is 29.8 Å². The molecule has 1 aromatic rings. The van der Waals surface area contributed by atoms with E-state index >= 15 is 0 Å². The first kappa shape index (κ1) is 24.9. The second kappa shape index (κ2) is 13.1. The Labute approximate surface area is 171 Å². The van der Waals surface area contributed by atoms with Gasteiger partial charge in [-0.05, 0) is 31.5 Å². The molecule has 29 heavy (non-hydrogen) atoms. The standard InChI is InChI=1S/C14H19NO7.C4H8.C3H4/c1-7-10(17)11(18)12(19)13(21-7)22-14(20)15-9-4-2-8(6-16)3-5-9;1-2-4-3-1;1-3-2/h2-5,7,10-13,16-19H,6H2,1H3,(H,15,20);1-4H2;1H,2H3. The average molecular weight is 409 g/mol. The molecule has 0 aromatic heterocycles. The highest BCUT2D eigenvalue weighted by atomic mass is 16.7. The molecule has 8 nitrogen and oxygen atoms in total. The Kier molecular flexibility index (Phi) is 11.3. The highest BCUT2D eigenvalue weighted by Crippen LogP contribution is 2.22. The van der Waals surface area contributed by atoms with Crippen LogP contribution >= 0.6 is 0 Å². The van der Waals surface area contributed by atoms with Gasteiger partial charge in [0.15, 0.2) is 0 Å². The monoisotopic (exact) mass is 409 g/mol. The van der Waals surface area contributed by atoms with Crippen LogP contribution in [0.1, 0.15) is 45.1 Å². The van der Waals surface area contributed by atoms with E-state index in [1.807, 2.05) is 0 Å². The third kappa shape index (κ3) is 8.40. The summed E-state index contributed by atoms with van der Waals surface area (Å²) in [6.07, 6.45) is 3.27. The highest BCUT2D eigenvalue weighted by molar-refractivity contribution is 5.84. The number of terminal acetylenes is 1. The van der Waals surface area contributed by atoms with Gasteiger partial charge in [0.05, 0.1) is 12.7 Å². The van der Waals surface area contributed by atoms with E-state index in [0.29, 0.717) is 11.3 Å². The normalized spacial score (nSPS) is 27.6. The summed E-state index contributed by atoms with van der Waals surface area (Å²) in [5.41, 5.74) is 1.12. The van der Waals surface area contributed by atoms with Gasteiger partial charge in [-0.25, -0.2) is 4.79 Å². The maximum atomic E-state index is 11.8. The second-order valence-electron chi connectivity index (χ2n) is 6.77. The molecule has 1 amide bonds. The number of carbonyl (C=O) groups is 1. The fraction of sp³-hybridized carbons (Fsp3) is 0.571.